The van der Waals surface area contributed by atoms with E-state index in [0.29, 0.717) is 37.4 Å². The maximum absolute atomic E-state index is 12.4. The van der Waals surface area contributed by atoms with Crippen molar-refractivity contribution in [1.29, 1.82) is 0 Å². The second kappa shape index (κ2) is 5.69. The molecule has 1 aromatic rings. The summed E-state index contributed by atoms with van der Waals surface area (Å²) in [7, 11) is 0. The van der Waals surface area contributed by atoms with Gasteiger partial charge in [-0.05, 0) is 37.1 Å². The molecule has 1 saturated heterocycles. The lowest BCUT2D eigenvalue weighted by molar-refractivity contribution is -0.122. The van der Waals surface area contributed by atoms with Gasteiger partial charge in [0, 0.05) is 6.54 Å². The molecule has 1 aliphatic heterocycles. The van der Waals surface area contributed by atoms with Crippen LogP contribution in [0, 0.1) is 11.8 Å². The van der Waals surface area contributed by atoms with Gasteiger partial charge in [0.15, 0.2) is 0 Å². The molecule has 110 valence electrons. The number of amides is 2. The molecule has 0 spiro atoms. The smallest absolute Gasteiger partial charge is 0.238 e. The number of carbonyl (C=O) groups excluding carboxylic acids is 2. The van der Waals surface area contributed by atoms with Crippen molar-refractivity contribution in [2.24, 2.45) is 17.6 Å². The summed E-state index contributed by atoms with van der Waals surface area (Å²) in [5.74, 6) is 0.101. The van der Waals surface area contributed by atoms with Crippen molar-refractivity contribution in [3.05, 3.63) is 36.4 Å². The monoisotopic (exact) mass is 286 g/mol. The Kier molecular flexibility index (Phi) is 3.75. The van der Waals surface area contributed by atoms with Crippen molar-refractivity contribution in [2.75, 3.05) is 18.1 Å². The standard InChI is InChI=1S/C16H18N2O3/c17-9-10-21-12-7-5-11(6-8-12)18-15(19)13-3-1-2-4-14(13)16(18)20/h1-2,5-8,13-14H,3-4,9-10,17H2. The summed E-state index contributed by atoms with van der Waals surface area (Å²) in [4.78, 5) is 26.2. The zero-order valence-corrected chi connectivity index (χ0v) is 11.7. The van der Waals surface area contributed by atoms with Gasteiger partial charge < -0.3 is 10.5 Å². The Hall–Kier alpha value is -2.14. The predicted octanol–water partition coefficient (Wildman–Crippen LogP) is 1.48. The van der Waals surface area contributed by atoms with E-state index in [1.165, 1.54) is 4.90 Å². The van der Waals surface area contributed by atoms with E-state index in [-0.39, 0.29) is 23.7 Å². The minimum Gasteiger partial charge on any atom is -0.492 e. The molecule has 3 rings (SSSR count). The molecule has 2 aliphatic rings. The highest BCUT2D eigenvalue weighted by Gasteiger charge is 2.47. The number of benzene rings is 1. The second-order valence-corrected chi connectivity index (χ2v) is 5.30. The summed E-state index contributed by atoms with van der Waals surface area (Å²) in [6, 6.07) is 7.00. The van der Waals surface area contributed by atoms with Crippen LogP contribution in [0.1, 0.15) is 12.8 Å². The van der Waals surface area contributed by atoms with E-state index in [1.807, 2.05) is 12.2 Å². The van der Waals surface area contributed by atoms with Crippen molar-refractivity contribution >= 4 is 17.5 Å². The number of carbonyl (C=O) groups is 2. The lowest BCUT2D eigenvalue weighted by Gasteiger charge is -2.15. The first-order valence-corrected chi connectivity index (χ1v) is 7.18. The fourth-order valence-electron chi connectivity index (χ4n) is 2.92. The van der Waals surface area contributed by atoms with Gasteiger partial charge in [-0.2, -0.15) is 0 Å². The van der Waals surface area contributed by atoms with E-state index in [4.69, 9.17) is 10.5 Å². The van der Waals surface area contributed by atoms with Gasteiger partial charge >= 0.3 is 0 Å². The Labute approximate surface area is 123 Å². The highest BCUT2D eigenvalue weighted by Crippen LogP contribution is 2.37. The molecule has 5 nitrogen and oxygen atoms in total. The molecule has 0 radical (unpaired) electrons. The van der Waals surface area contributed by atoms with Crippen molar-refractivity contribution < 1.29 is 14.3 Å². The number of rotatable bonds is 4. The van der Waals surface area contributed by atoms with Crippen molar-refractivity contribution in [1.82, 2.24) is 0 Å². The lowest BCUT2D eigenvalue weighted by atomic mass is 9.85. The van der Waals surface area contributed by atoms with E-state index in [2.05, 4.69) is 0 Å². The molecule has 1 aromatic carbocycles. The molecule has 0 aromatic heterocycles. The van der Waals surface area contributed by atoms with E-state index in [1.54, 1.807) is 24.3 Å². The van der Waals surface area contributed by atoms with Crippen molar-refractivity contribution in [2.45, 2.75) is 12.8 Å². The molecule has 21 heavy (non-hydrogen) atoms. The first-order chi connectivity index (χ1) is 10.2. The number of hydrogen-bond acceptors (Lipinski definition) is 4. The molecular weight excluding hydrogens is 268 g/mol. The third kappa shape index (κ3) is 2.45. The highest BCUT2D eigenvalue weighted by atomic mass is 16.5. The van der Waals surface area contributed by atoms with Gasteiger partial charge in [0.1, 0.15) is 12.4 Å². The third-order valence-electron chi connectivity index (χ3n) is 3.99. The van der Waals surface area contributed by atoms with Gasteiger partial charge in [0.05, 0.1) is 17.5 Å². The van der Waals surface area contributed by atoms with Gasteiger partial charge in [-0.25, -0.2) is 0 Å². The Morgan fingerprint density at radius 2 is 1.62 bits per heavy atom. The third-order valence-corrected chi connectivity index (χ3v) is 3.99. The van der Waals surface area contributed by atoms with Gasteiger partial charge in [0.2, 0.25) is 11.8 Å². The Balaban J connectivity index is 1.80. The van der Waals surface area contributed by atoms with Gasteiger partial charge in [-0.3, -0.25) is 14.5 Å². The van der Waals surface area contributed by atoms with Gasteiger partial charge in [-0.1, -0.05) is 12.2 Å². The van der Waals surface area contributed by atoms with Crippen molar-refractivity contribution in [3.8, 4) is 5.75 Å². The molecular formula is C16H18N2O3. The fourth-order valence-corrected chi connectivity index (χ4v) is 2.92. The largest absolute Gasteiger partial charge is 0.492 e. The summed E-state index contributed by atoms with van der Waals surface area (Å²) in [6.07, 6.45) is 5.28. The normalized spacial score (nSPS) is 24.3. The number of hydrogen-bond donors (Lipinski definition) is 1. The lowest BCUT2D eigenvalue weighted by Crippen LogP contribution is -2.30. The van der Waals surface area contributed by atoms with E-state index >= 15 is 0 Å². The zero-order valence-electron chi connectivity index (χ0n) is 11.7. The molecule has 0 bridgehead atoms. The van der Waals surface area contributed by atoms with E-state index in [9.17, 15) is 9.59 Å². The number of allylic oxidation sites excluding steroid dienone is 2. The van der Waals surface area contributed by atoms with E-state index < -0.39 is 0 Å². The topological polar surface area (TPSA) is 72.6 Å². The molecule has 2 amide bonds. The maximum Gasteiger partial charge on any atom is 0.238 e. The Bertz CT molecular complexity index is 554. The molecule has 0 saturated carbocycles. The molecule has 1 fully saturated rings. The maximum atomic E-state index is 12.4. The van der Waals surface area contributed by atoms with Crippen LogP contribution in [0.15, 0.2) is 36.4 Å². The van der Waals surface area contributed by atoms with E-state index in [0.717, 1.165) is 0 Å². The molecule has 5 heteroatoms. The summed E-state index contributed by atoms with van der Waals surface area (Å²) < 4.78 is 5.40. The number of nitrogens with zero attached hydrogens (tertiary/aromatic N) is 1. The van der Waals surface area contributed by atoms with Crippen LogP contribution >= 0.6 is 0 Å². The van der Waals surface area contributed by atoms with Crippen LogP contribution in [0.3, 0.4) is 0 Å². The number of fused-ring (bicyclic) bond motifs is 1. The molecule has 2 atom stereocenters. The molecule has 1 aliphatic carbocycles. The summed E-state index contributed by atoms with van der Waals surface area (Å²) in [5, 5.41) is 0. The van der Waals surface area contributed by atoms with Crippen LogP contribution in [-0.4, -0.2) is 25.0 Å². The van der Waals surface area contributed by atoms with Gasteiger partial charge in [0.25, 0.3) is 0 Å². The molecule has 2 N–H and O–H groups in total. The average molecular weight is 286 g/mol. The fraction of sp³-hybridized carbons (Fsp3) is 0.375. The Morgan fingerprint density at radius 1 is 1.05 bits per heavy atom. The first kappa shape index (κ1) is 13.8. The summed E-state index contributed by atoms with van der Waals surface area (Å²) in [5.41, 5.74) is 5.99. The first-order valence-electron chi connectivity index (χ1n) is 7.18. The van der Waals surface area contributed by atoms with Crippen LogP contribution in [0.5, 0.6) is 5.75 Å². The highest BCUT2D eigenvalue weighted by molar-refractivity contribution is 6.22. The van der Waals surface area contributed by atoms with Crippen molar-refractivity contribution in [3.63, 3.8) is 0 Å². The second-order valence-electron chi connectivity index (χ2n) is 5.30. The van der Waals surface area contributed by atoms with Crippen LogP contribution in [0.25, 0.3) is 0 Å². The predicted molar refractivity (Wildman–Crippen MR) is 78.8 cm³/mol. The minimum atomic E-state index is -0.198. The quantitative estimate of drug-likeness (QED) is 0.672. The zero-order chi connectivity index (χ0) is 14.8. The van der Waals surface area contributed by atoms with Crippen LogP contribution in [0.2, 0.25) is 0 Å². The number of anilines is 1. The van der Waals surface area contributed by atoms with Crippen LogP contribution in [0.4, 0.5) is 5.69 Å². The minimum absolute atomic E-state index is 0.0926. The van der Waals surface area contributed by atoms with Crippen LogP contribution in [-0.2, 0) is 9.59 Å². The van der Waals surface area contributed by atoms with Crippen LogP contribution < -0.4 is 15.4 Å². The number of imide groups is 1. The number of ether oxygens (including phenoxy) is 1. The SMILES string of the molecule is NCCOc1ccc(N2C(=O)C3CC=CCC3C2=O)cc1. The average Bonchev–Trinajstić information content (AvgIpc) is 2.78. The Morgan fingerprint density at radius 3 is 2.14 bits per heavy atom. The molecule has 2 unspecified atom stereocenters. The van der Waals surface area contributed by atoms with Gasteiger partial charge in [-0.15, -0.1) is 0 Å². The summed E-state index contributed by atoms with van der Waals surface area (Å²) >= 11 is 0. The number of nitrogens with two attached hydrogens (primary N) is 1. The summed E-state index contributed by atoms with van der Waals surface area (Å²) in [6.45, 7) is 0.887. The molecule has 1 heterocycles.